The smallest absolute Gasteiger partial charge is 0.243 e. The van der Waals surface area contributed by atoms with Gasteiger partial charge in [0, 0.05) is 32.0 Å². The Hall–Kier alpha value is -1.84. The molecule has 1 spiro atoms. The minimum atomic E-state index is -3.77. The van der Waals surface area contributed by atoms with E-state index in [9.17, 15) is 13.2 Å². The van der Waals surface area contributed by atoms with Gasteiger partial charge in [0.1, 0.15) is 13.2 Å². The standard InChI is InChI=1S/C17H20N2O6S/c20-16-11-15-17(18(16)5-1-7-25-17)4-6-19(15)26(21,22)12-2-3-13-14(10-12)24-9-8-23-13/h2-3,10,15H,1,4-9,11H2/t15-,17+/m1/s1. The molecule has 0 bridgehead atoms. The largest absolute Gasteiger partial charge is 0.486 e. The van der Waals surface area contributed by atoms with Crippen molar-refractivity contribution in [1.82, 2.24) is 9.21 Å². The first-order chi connectivity index (χ1) is 12.5. The van der Waals surface area contributed by atoms with E-state index in [-0.39, 0.29) is 17.2 Å². The Morgan fingerprint density at radius 2 is 1.88 bits per heavy atom. The predicted octanol–water partition coefficient (Wildman–Crippen LogP) is 0.570. The van der Waals surface area contributed by atoms with Crippen LogP contribution in [0.3, 0.4) is 0 Å². The van der Waals surface area contributed by atoms with Gasteiger partial charge in [-0.1, -0.05) is 0 Å². The Morgan fingerprint density at radius 1 is 1.08 bits per heavy atom. The molecule has 1 aromatic rings. The van der Waals surface area contributed by atoms with Crippen LogP contribution in [0.4, 0.5) is 0 Å². The molecule has 0 radical (unpaired) electrons. The summed E-state index contributed by atoms with van der Waals surface area (Å²) in [6, 6.07) is 4.18. The van der Waals surface area contributed by atoms with Crippen LogP contribution in [0, 0.1) is 0 Å². The van der Waals surface area contributed by atoms with Gasteiger partial charge < -0.3 is 19.1 Å². The van der Waals surface area contributed by atoms with Gasteiger partial charge in [-0.3, -0.25) is 4.79 Å². The zero-order chi connectivity index (χ0) is 17.9. The summed E-state index contributed by atoms with van der Waals surface area (Å²) in [5.41, 5.74) is -0.795. The fourth-order valence-corrected chi connectivity index (χ4v) is 6.19. The van der Waals surface area contributed by atoms with Crippen LogP contribution in [-0.4, -0.2) is 68.2 Å². The highest BCUT2D eigenvalue weighted by molar-refractivity contribution is 7.89. The third kappa shape index (κ3) is 2.14. The zero-order valence-corrected chi connectivity index (χ0v) is 15.0. The number of carbonyl (C=O) groups excluding carboxylic acids is 1. The van der Waals surface area contributed by atoms with E-state index < -0.39 is 21.8 Å². The van der Waals surface area contributed by atoms with Gasteiger partial charge in [-0.15, -0.1) is 0 Å². The Morgan fingerprint density at radius 3 is 2.73 bits per heavy atom. The Balaban J connectivity index is 1.51. The van der Waals surface area contributed by atoms with E-state index in [0.717, 1.165) is 6.42 Å². The minimum Gasteiger partial charge on any atom is -0.486 e. The maximum absolute atomic E-state index is 13.3. The van der Waals surface area contributed by atoms with Crippen molar-refractivity contribution >= 4 is 15.9 Å². The SMILES string of the molecule is O=C1C[C@H]2N(S(=O)(=O)c3ccc4c(c3)OCCO4)CC[C@]23OCCCN13. The van der Waals surface area contributed by atoms with Gasteiger partial charge in [0.05, 0.1) is 17.5 Å². The van der Waals surface area contributed by atoms with Crippen LogP contribution in [-0.2, 0) is 19.6 Å². The van der Waals surface area contributed by atoms with Gasteiger partial charge in [0.15, 0.2) is 17.2 Å². The van der Waals surface area contributed by atoms with E-state index >= 15 is 0 Å². The summed E-state index contributed by atoms with van der Waals surface area (Å²) < 4.78 is 45.0. The number of sulfonamides is 1. The van der Waals surface area contributed by atoms with Crippen LogP contribution in [0.15, 0.2) is 23.1 Å². The molecule has 3 fully saturated rings. The van der Waals surface area contributed by atoms with Crippen molar-refractivity contribution in [2.24, 2.45) is 0 Å². The van der Waals surface area contributed by atoms with Gasteiger partial charge in [0.2, 0.25) is 15.9 Å². The monoisotopic (exact) mass is 380 g/mol. The summed E-state index contributed by atoms with van der Waals surface area (Å²) in [6.45, 7) is 2.37. The van der Waals surface area contributed by atoms with E-state index in [4.69, 9.17) is 14.2 Å². The number of fused-ring (bicyclic) bond motifs is 1. The van der Waals surface area contributed by atoms with E-state index in [1.807, 2.05) is 0 Å². The van der Waals surface area contributed by atoms with Crippen molar-refractivity contribution in [3.8, 4) is 11.5 Å². The molecule has 0 N–H and O–H groups in total. The third-order valence-corrected chi connectivity index (χ3v) is 7.59. The zero-order valence-electron chi connectivity index (χ0n) is 14.2. The number of hydrogen-bond acceptors (Lipinski definition) is 6. The van der Waals surface area contributed by atoms with Gasteiger partial charge in [-0.2, -0.15) is 4.31 Å². The molecule has 4 aliphatic heterocycles. The second-order valence-corrected chi connectivity index (χ2v) is 8.87. The van der Waals surface area contributed by atoms with Gasteiger partial charge >= 0.3 is 0 Å². The maximum atomic E-state index is 13.3. The minimum absolute atomic E-state index is 0.0308. The molecule has 0 saturated carbocycles. The number of ether oxygens (including phenoxy) is 3. The molecule has 3 saturated heterocycles. The van der Waals surface area contributed by atoms with Gasteiger partial charge in [-0.05, 0) is 18.6 Å². The molecule has 8 nitrogen and oxygen atoms in total. The molecule has 2 atom stereocenters. The number of benzene rings is 1. The number of nitrogens with zero attached hydrogens (tertiary/aromatic N) is 2. The first kappa shape index (κ1) is 16.3. The summed E-state index contributed by atoms with van der Waals surface area (Å²) in [4.78, 5) is 14.3. The molecule has 0 unspecified atom stereocenters. The Labute approximate surface area is 151 Å². The molecule has 140 valence electrons. The summed E-state index contributed by atoms with van der Waals surface area (Å²) in [7, 11) is -3.77. The molecule has 4 aliphatic rings. The van der Waals surface area contributed by atoms with E-state index in [0.29, 0.717) is 50.8 Å². The lowest BCUT2D eigenvalue weighted by Gasteiger charge is -2.42. The molecule has 1 aromatic carbocycles. The summed E-state index contributed by atoms with van der Waals surface area (Å²) >= 11 is 0. The van der Waals surface area contributed by atoms with Crippen molar-refractivity contribution in [3.05, 3.63) is 18.2 Å². The molecule has 9 heteroatoms. The molecule has 26 heavy (non-hydrogen) atoms. The highest BCUT2D eigenvalue weighted by Gasteiger charge is 2.63. The van der Waals surface area contributed by atoms with E-state index in [1.54, 1.807) is 11.0 Å². The second-order valence-electron chi connectivity index (χ2n) is 6.98. The summed E-state index contributed by atoms with van der Waals surface area (Å²) in [5.74, 6) is 0.951. The first-order valence-corrected chi connectivity index (χ1v) is 10.3. The highest BCUT2D eigenvalue weighted by atomic mass is 32.2. The van der Waals surface area contributed by atoms with Crippen LogP contribution in [0.25, 0.3) is 0 Å². The Kier molecular flexibility index (Phi) is 3.51. The molecular weight excluding hydrogens is 360 g/mol. The van der Waals surface area contributed by atoms with Crippen LogP contribution in [0.2, 0.25) is 0 Å². The first-order valence-electron chi connectivity index (χ1n) is 8.88. The topological polar surface area (TPSA) is 85.4 Å². The third-order valence-electron chi connectivity index (χ3n) is 5.68. The fraction of sp³-hybridized carbons (Fsp3) is 0.588. The molecule has 5 rings (SSSR count). The quantitative estimate of drug-likeness (QED) is 0.746. The lowest BCUT2D eigenvalue weighted by Crippen LogP contribution is -2.56. The summed E-state index contributed by atoms with van der Waals surface area (Å²) in [6.07, 6.45) is 1.46. The van der Waals surface area contributed by atoms with E-state index in [2.05, 4.69) is 0 Å². The molecular formula is C17H20N2O6S. The number of rotatable bonds is 2. The van der Waals surface area contributed by atoms with Gasteiger partial charge in [0.25, 0.3) is 0 Å². The van der Waals surface area contributed by atoms with Crippen molar-refractivity contribution in [2.75, 3.05) is 32.9 Å². The van der Waals surface area contributed by atoms with Crippen molar-refractivity contribution in [1.29, 1.82) is 0 Å². The average Bonchev–Trinajstić information content (AvgIpc) is 3.13. The van der Waals surface area contributed by atoms with Crippen LogP contribution in [0.1, 0.15) is 19.3 Å². The van der Waals surface area contributed by atoms with Crippen LogP contribution in [0.5, 0.6) is 11.5 Å². The number of carbonyl (C=O) groups is 1. The molecule has 4 heterocycles. The molecule has 0 aromatic heterocycles. The Bertz CT molecular complexity index is 872. The number of amides is 1. The average molecular weight is 380 g/mol. The van der Waals surface area contributed by atoms with Crippen molar-refractivity contribution < 1.29 is 27.4 Å². The number of hydrogen-bond donors (Lipinski definition) is 0. The lowest BCUT2D eigenvalue weighted by molar-refractivity contribution is -0.178. The molecule has 0 aliphatic carbocycles. The normalized spacial score (nSPS) is 31.0. The highest BCUT2D eigenvalue weighted by Crippen LogP contribution is 2.47. The lowest BCUT2D eigenvalue weighted by atomic mass is 10.0. The predicted molar refractivity (Wildman–Crippen MR) is 89.4 cm³/mol. The van der Waals surface area contributed by atoms with Crippen LogP contribution >= 0.6 is 0 Å². The van der Waals surface area contributed by atoms with Crippen molar-refractivity contribution in [2.45, 2.75) is 35.9 Å². The summed E-state index contributed by atoms with van der Waals surface area (Å²) in [5, 5.41) is 0. The van der Waals surface area contributed by atoms with E-state index in [1.165, 1.54) is 16.4 Å². The van der Waals surface area contributed by atoms with Crippen molar-refractivity contribution in [3.63, 3.8) is 0 Å². The second kappa shape index (κ2) is 5.58. The molecule has 1 amide bonds. The van der Waals surface area contributed by atoms with Gasteiger partial charge in [-0.25, -0.2) is 8.42 Å². The fourth-order valence-electron chi connectivity index (χ4n) is 4.52. The maximum Gasteiger partial charge on any atom is 0.243 e. The van der Waals surface area contributed by atoms with Crippen LogP contribution < -0.4 is 9.47 Å².